The summed E-state index contributed by atoms with van der Waals surface area (Å²) < 4.78 is 5.72. The van der Waals surface area contributed by atoms with Gasteiger partial charge in [0.25, 0.3) is 5.91 Å². The van der Waals surface area contributed by atoms with Crippen LogP contribution in [0.4, 0.5) is 0 Å². The maximum atomic E-state index is 11.8. The minimum Gasteiger partial charge on any atom is -0.481 e. The van der Waals surface area contributed by atoms with Crippen molar-refractivity contribution in [3.05, 3.63) is 29.8 Å². The Balaban J connectivity index is 2.58. The summed E-state index contributed by atoms with van der Waals surface area (Å²) in [6, 6.07) is 7.83. The van der Waals surface area contributed by atoms with Crippen LogP contribution in [-0.2, 0) is 11.2 Å². The standard InChI is InChI=1S/C15H23NO2/c1-5-13-8-6-7-9-14(13)18-12(4)15(17)16-10-11(2)3/h6-9,11-12H,5,10H2,1-4H3,(H,16,17)/t12-/m0/s1. The molecule has 0 spiro atoms. The van der Waals surface area contributed by atoms with Gasteiger partial charge in [0, 0.05) is 6.54 Å². The van der Waals surface area contributed by atoms with Gasteiger partial charge in [-0.15, -0.1) is 0 Å². The van der Waals surface area contributed by atoms with Crippen molar-refractivity contribution in [3.8, 4) is 5.75 Å². The fourth-order valence-electron chi connectivity index (χ4n) is 1.60. The molecule has 1 aromatic rings. The molecule has 0 aliphatic heterocycles. The quantitative estimate of drug-likeness (QED) is 0.842. The topological polar surface area (TPSA) is 38.3 Å². The van der Waals surface area contributed by atoms with E-state index in [-0.39, 0.29) is 5.91 Å². The smallest absolute Gasteiger partial charge is 0.260 e. The number of amides is 1. The summed E-state index contributed by atoms with van der Waals surface area (Å²) >= 11 is 0. The van der Waals surface area contributed by atoms with Crippen molar-refractivity contribution in [2.45, 2.75) is 40.2 Å². The van der Waals surface area contributed by atoms with Crippen LogP contribution in [0.5, 0.6) is 5.75 Å². The first-order valence-electron chi connectivity index (χ1n) is 6.56. The van der Waals surface area contributed by atoms with E-state index in [1.807, 2.05) is 24.3 Å². The highest BCUT2D eigenvalue weighted by Gasteiger charge is 2.15. The third-order valence-electron chi connectivity index (χ3n) is 2.71. The Kier molecular flexibility index (Phi) is 5.69. The van der Waals surface area contributed by atoms with Crippen LogP contribution in [0.1, 0.15) is 33.3 Å². The van der Waals surface area contributed by atoms with Gasteiger partial charge in [-0.2, -0.15) is 0 Å². The first-order chi connectivity index (χ1) is 8.54. The molecule has 0 aromatic heterocycles. The number of aryl methyl sites for hydroxylation is 1. The second-order valence-electron chi connectivity index (χ2n) is 4.86. The summed E-state index contributed by atoms with van der Waals surface area (Å²) in [5.41, 5.74) is 1.13. The molecule has 18 heavy (non-hydrogen) atoms. The fourth-order valence-corrected chi connectivity index (χ4v) is 1.60. The molecule has 0 heterocycles. The van der Waals surface area contributed by atoms with Crippen molar-refractivity contribution in [3.63, 3.8) is 0 Å². The molecule has 0 bridgehead atoms. The summed E-state index contributed by atoms with van der Waals surface area (Å²) in [5.74, 6) is 1.19. The molecule has 3 heteroatoms. The zero-order valence-corrected chi connectivity index (χ0v) is 11.7. The van der Waals surface area contributed by atoms with E-state index in [0.29, 0.717) is 12.5 Å². The van der Waals surface area contributed by atoms with Crippen molar-refractivity contribution < 1.29 is 9.53 Å². The van der Waals surface area contributed by atoms with Gasteiger partial charge >= 0.3 is 0 Å². The molecule has 1 rings (SSSR count). The number of ether oxygens (including phenoxy) is 1. The van der Waals surface area contributed by atoms with Crippen LogP contribution in [0.25, 0.3) is 0 Å². The molecule has 3 nitrogen and oxygen atoms in total. The van der Waals surface area contributed by atoms with Gasteiger partial charge < -0.3 is 10.1 Å². The van der Waals surface area contributed by atoms with Gasteiger partial charge in [-0.3, -0.25) is 4.79 Å². The Morgan fingerprint density at radius 2 is 1.94 bits per heavy atom. The highest BCUT2D eigenvalue weighted by atomic mass is 16.5. The zero-order valence-electron chi connectivity index (χ0n) is 11.7. The van der Waals surface area contributed by atoms with E-state index < -0.39 is 6.10 Å². The van der Waals surface area contributed by atoms with Gasteiger partial charge in [0.1, 0.15) is 5.75 Å². The van der Waals surface area contributed by atoms with Crippen LogP contribution >= 0.6 is 0 Å². The molecule has 1 amide bonds. The van der Waals surface area contributed by atoms with Crippen molar-refractivity contribution >= 4 is 5.91 Å². The van der Waals surface area contributed by atoms with Gasteiger partial charge in [-0.1, -0.05) is 39.0 Å². The van der Waals surface area contributed by atoms with E-state index in [2.05, 4.69) is 26.1 Å². The molecule has 1 aromatic carbocycles. The second-order valence-corrected chi connectivity index (χ2v) is 4.86. The summed E-state index contributed by atoms with van der Waals surface area (Å²) in [4.78, 5) is 11.8. The summed E-state index contributed by atoms with van der Waals surface area (Å²) in [6.45, 7) is 8.67. The summed E-state index contributed by atoms with van der Waals surface area (Å²) in [5, 5.41) is 2.88. The molecule has 0 unspecified atom stereocenters. The number of rotatable bonds is 6. The Morgan fingerprint density at radius 3 is 2.56 bits per heavy atom. The average Bonchev–Trinajstić information content (AvgIpc) is 2.36. The van der Waals surface area contributed by atoms with Crippen LogP contribution in [0.3, 0.4) is 0 Å². The Hall–Kier alpha value is -1.51. The largest absolute Gasteiger partial charge is 0.481 e. The van der Waals surface area contributed by atoms with Gasteiger partial charge in [-0.25, -0.2) is 0 Å². The lowest BCUT2D eigenvalue weighted by Gasteiger charge is -2.17. The molecule has 0 saturated heterocycles. The third-order valence-corrected chi connectivity index (χ3v) is 2.71. The highest BCUT2D eigenvalue weighted by Crippen LogP contribution is 2.19. The number of carbonyl (C=O) groups is 1. The molecular weight excluding hydrogens is 226 g/mol. The summed E-state index contributed by atoms with van der Waals surface area (Å²) in [6.07, 6.45) is 0.438. The molecular formula is C15H23NO2. The van der Waals surface area contributed by atoms with Crippen LogP contribution < -0.4 is 10.1 Å². The normalized spacial score (nSPS) is 12.3. The van der Waals surface area contributed by atoms with Crippen LogP contribution in [0.2, 0.25) is 0 Å². The molecule has 1 N–H and O–H groups in total. The maximum absolute atomic E-state index is 11.8. The molecule has 1 atom stereocenters. The molecule has 0 radical (unpaired) electrons. The average molecular weight is 249 g/mol. The van der Waals surface area contributed by atoms with Crippen molar-refractivity contribution in [1.82, 2.24) is 5.32 Å². The minimum absolute atomic E-state index is 0.0605. The molecule has 0 saturated carbocycles. The predicted octanol–water partition coefficient (Wildman–Crippen LogP) is 2.79. The number of benzene rings is 1. The van der Waals surface area contributed by atoms with E-state index in [1.54, 1.807) is 6.92 Å². The van der Waals surface area contributed by atoms with Crippen LogP contribution in [-0.4, -0.2) is 18.6 Å². The first kappa shape index (κ1) is 14.6. The molecule has 0 aliphatic rings. The number of para-hydroxylation sites is 1. The molecule has 0 aliphatic carbocycles. The predicted molar refractivity (Wildman–Crippen MR) is 73.8 cm³/mol. The van der Waals surface area contributed by atoms with Crippen LogP contribution in [0, 0.1) is 5.92 Å². The lowest BCUT2D eigenvalue weighted by atomic mass is 10.1. The maximum Gasteiger partial charge on any atom is 0.260 e. The van der Waals surface area contributed by atoms with Crippen LogP contribution in [0.15, 0.2) is 24.3 Å². The van der Waals surface area contributed by atoms with E-state index >= 15 is 0 Å². The van der Waals surface area contributed by atoms with Gasteiger partial charge in [0.2, 0.25) is 0 Å². The van der Waals surface area contributed by atoms with E-state index in [0.717, 1.165) is 17.7 Å². The highest BCUT2D eigenvalue weighted by molar-refractivity contribution is 5.80. The molecule has 100 valence electrons. The van der Waals surface area contributed by atoms with Crippen molar-refractivity contribution in [2.24, 2.45) is 5.92 Å². The van der Waals surface area contributed by atoms with E-state index in [1.165, 1.54) is 0 Å². The van der Waals surface area contributed by atoms with Gasteiger partial charge in [-0.05, 0) is 30.9 Å². The van der Waals surface area contributed by atoms with E-state index in [4.69, 9.17) is 4.74 Å². The lowest BCUT2D eigenvalue weighted by Crippen LogP contribution is -2.38. The van der Waals surface area contributed by atoms with Gasteiger partial charge in [0.15, 0.2) is 6.10 Å². The lowest BCUT2D eigenvalue weighted by molar-refractivity contribution is -0.127. The first-order valence-corrected chi connectivity index (χ1v) is 6.56. The minimum atomic E-state index is -0.462. The Morgan fingerprint density at radius 1 is 1.28 bits per heavy atom. The second kappa shape index (κ2) is 7.04. The van der Waals surface area contributed by atoms with Gasteiger partial charge in [0.05, 0.1) is 0 Å². The summed E-state index contributed by atoms with van der Waals surface area (Å²) in [7, 11) is 0. The Labute approximate surface area is 110 Å². The number of hydrogen-bond donors (Lipinski definition) is 1. The van der Waals surface area contributed by atoms with Crippen molar-refractivity contribution in [1.29, 1.82) is 0 Å². The zero-order chi connectivity index (χ0) is 13.5. The fraction of sp³-hybridized carbons (Fsp3) is 0.533. The third kappa shape index (κ3) is 4.40. The Bertz CT molecular complexity index is 388. The molecule has 0 fully saturated rings. The van der Waals surface area contributed by atoms with E-state index in [9.17, 15) is 4.79 Å². The van der Waals surface area contributed by atoms with Crippen molar-refractivity contribution in [2.75, 3.05) is 6.54 Å². The number of hydrogen-bond acceptors (Lipinski definition) is 2. The monoisotopic (exact) mass is 249 g/mol. The SMILES string of the molecule is CCc1ccccc1O[C@@H](C)C(=O)NCC(C)C. The number of nitrogens with one attached hydrogen (secondary N) is 1. The number of carbonyl (C=O) groups excluding carboxylic acids is 1.